The van der Waals surface area contributed by atoms with Crippen LogP contribution in [0.5, 0.6) is 0 Å². The summed E-state index contributed by atoms with van der Waals surface area (Å²) < 4.78 is 38.0. The first kappa shape index (κ1) is 15.4. The highest BCUT2D eigenvalue weighted by Crippen LogP contribution is 2.23. The predicted octanol–water partition coefficient (Wildman–Crippen LogP) is 2.66. The second-order valence-corrected chi connectivity index (χ2v) is 6.27. The maximum Gasteiger partial charge on any atom is 0.316 e. The number of benzene rings is 1. The number of hydrogen-bond acceptors (Lipinski definition) is 5. The van der Waals surface area contributed by atoms with Crippen molar-refractivity contribution in [3.63, 3.8) is 0 Å². The molecule has 0 amide bonds. The summed E-state index contributed by atoms with van der Waals surface area (Å²) in [6, 6.07) is 6.41. The summed E-state index contributed by atoms with van der Waals surface area (Å²) in [5.74, 6) is -0.0998. The van der Waals surface area contributed by atoms with E-state index in [1.54, 1.807) is 12.1 Å². The zero-order valence-electron chi connectivity index (χ0n) is 11.9. The lowest BCUT2D eigenvalue weighted by Crippen LogP contribution is -2.15. The Hall–Kier alpha value is -2.02. The number of ether oxygens (including phenoxy) is 2. The fourth-order valence-electron chi connectivity index (χ4n) is 1.87. The summed E-state index contributed by atoms with van der Waals surface area (Å²) >= 11 is 0. The quantitative estimate of drug-likeness (QED) is 0.867. The summed E-state index contributed by atoms with van der Waals surface area (Å²) in [4.78, 5) is 0.108. The Morgan fingerprint density at radius 2 is 1.95 bits per heavy atom. The predicted molar refractivity (Wildman–Crippen MR) is 77.4 cm³/mol. The maximum absolute atomic E-state index is 12.2. The molecule has 1 saturated heterocycles. The minimum Gasteiger partial charge on any atom is -0.479 e. The SMILES string of the molecule is CO/C(O)=C1/CCC/C(=N/S(=O)(=O)c2ccc(C)cc2)O1. The number of aliphatic hydroxyl groups is 1. The molecule has 1 heterocycles. The first-order valence-electron chi connectivity index (χ1n) is 6.47. The minimum absolute atomic E-state index is 0.0559. The molecule has 1 aliphatic rings. The molecule has 6 nitrogen and oxygen atoms in total. The third-order valence-electron chi connectivity index (χ3n) is 3.01. The highest BCUT2D eigenvalue weighted by molar-refractivity contribution is 7.90. The molecule has 1 aromatic rings. The van der Waals surface area contributed by atoms with Gasteiger partial charge in [-0.25, -0.2) is 0 Å². The fraction of sp³-hybridized carbons (Fsp3) is 0.357. The van der Waals surface area contributed by atoms with Gasteiger partial charge in [0, 0.05) is 12.8 Å². The van der Waals surface area contributed by atoms with Crippen LogP contribution >= 0.6 is 0 Å². The van der Waals surface area contributed by atoms with Crippen molar-refractivity contribution in [1.82, 2.24) is 0 Å². The van der Waals surface area contributed by atoms with Gasteiger partial charge < -0.3 is 14.6 Å². The molecule has 0 atom stereocenters. The van der Waals surface area contributed by atoms with Gasteiger partial charge >= 0.3 is 5.95 Å². The van der Waals surface area contributed by atoms with E-state index in [1.165, 1.54) is 19.2 Å². The molecule has 114 valence electrons. The van der Waals surface area contributed by atoms with Gasteiger partial charge in [0.1, 0.15) is 0 Å². The number of allylic oxidation sites excluding steroid dienone is 1. The maximum atomic E-state index is 12.2. The van der Waals surface area contributed by atoms with Gasteiger partial charge in [-0.2, -0.15) is 8.42 Å². The van der Waals surface area contributed by atoms with Crippen molar-refractivity contribution in [3.8, 4) is 0 Å². The van der Waals surface area contributed by atoms with E-state index < -0.39 is 10.0 Å². The standard InChI is InChI=1S/C14H17NO5S/c1-10-6-8-11(9-7-10)21(17,18)15-13-5-3-4-12(20-13)14(16)19-2/h6-9,16H,3-5H2,1-2H3/b14-12-,15-13-. The third-order valence-corrected chi connectivity index (χ3v) is 4.32. The van der Waals surface area contributed by atoms with Gasteiger partial charge in [-0.3, -0.25) is 0 Å². The third kappa shape index (κ3) is 3.75. The molecule has 0 unspecified atom stereocenters. The minimum atomic E-state index is -3.81. The van der Waals surface area contributed by atoms with Crippen LogP contribution in [0.1, 0.15) is 24.8 Å². The van der Waals surface area contributed by atoms with Crippen molar-refractivity contribution in [2.45, 2.75) is 31.1 Å². The normalized spacial score (nSPS) is 20.0. The van der Waals surface area contributed by atoms with Crippen LogP contribution in [0.2, 0.25) is 0 Å². The smallest absolute Gasteiger partial charge is 0.316 e. The molecular weight excluding hydrogens is 294 g/mol. The molecule has 21 heavy (non-hydrogen) atoms. The van der Waals surface area contributed by atoms with Gasteiger partial charge in [-0.05, 0) is 25.5 Å². The largest absolute Gasteiger partial charge is 0.479 e. The molecule has 7 heteroatoms. The topological polar surface area (TPSA) is 85.2 Å². The summed E-state index contributed by atoms with van der Waals surface area (Å²) in [5, 5.41) is 9.47. The van der Waals surface area contributed by atoms with Crippen molar-refractivity contribution in [2.75, 3.05) is 7.11 Å². The summed E-state index contributed by atoms with van der Waals surface area (Å²) in [5.41, 5.74) is 0.964. The van der Waals surface area contributed by atoms with Crippen LogP contribution in [-0.2, 0) is 19.5 Å². The molecule has 1 fully saturated rings. The van der Waals surface area contributed by atoms with Crippen LogP contribution in [0.25, 0.3) is 0 Å². The van der Waals surface area contributed by atoms with E-state index in [4.69, 9.17) is 4.74 Å². The van der Waals surface area contributed by atoms with Gasteiger partial charge in [0.15, 0.2) is 5.76 Å². The van der Waals surface area contributed by atoms with Crippen LogP contribution in [0, 0.1) is 6.92 Å². The Kier molecular flexibility index (Phi) is 4.52. The average molecular weight is 311 g/mol. The first-order valence-corrected chi connectivity index (χ1v) is 7.91. The van der Waals surface area contributed by atoms with Crippen LogP contribution < -0.4 is 0 Å². The molecule has 1 N–H and O–H groups in total. The molecule has 0 saturated carbocycles. The lowest BCUT2D eigenvalue weighted by Gasteiger charge is -2.17. The van der Waals surface area contributed by atoms with Crippen molar-refractivity contribution in [1.29, 1.82) is 0 Å². The van der Waals surface area contributed by atoms with E-state index in [1.807, 2.05) is 6.92 Å². The summed E-state index contributed by atoms with van der Waals surface area (Å²) in [6.07, 6.45) is 1.50. The summed E-state index contributed by atoms with van der Waals surface area (Å²) in [7, 11) is -2.51. The van der Waals surface area contributed by atoms with Crippen LogP contribution in [0.4, 0.5) is 0 Å². The number of sulfonamides is 1. The van der Waals surface area contributed by atoms with Crippen molar-refractivity contribution < 1.29 is 23.0 Å². The zero-order chi connectivity index (χ0) is 15.5. The molecule has 0 bridgehead atoms. The van der Waals surface area contributed by atoms with Gasteiger partial charge in [0.2, 0.25) is 5.90 Å². The highest BCUT2D eigenvalue weighted by Gasteiger charge is 2.22. The van der Waals surface area contributed by atoms with E-state index in [0.717, 1.165) is 5.56 Å². The van der Waals surface area contributed by atoms with E-state index in [9.17, 15) is 13.5 Å². The first-order chi connectivity index (χ1) is 9.92. The number of methoxy groups -OCH3 is 1. The Bertz CT molecular complexity index is 674. The second-order valence-electron chi connectivity index (χ2n) is 4.66. The van der Waals surface area contributed by atoms with Gasteiger partial charge in [0.25, 0.3) is 10.0 Å². The number of nitrogens with zero attached hydrogens (tertiary/aromatic N) is 1. The van der Waals surface area contributed by atoms with Crippen LogP contribution in [0.3, 0.4) is 0 Å². The Morgan fingerprint density at radius 1 is 1.29 bits per heavy atom. The zero-order valence-corrected chi connectivity index (χ0v) is 12.7. The Labute approximate surface area is 123 Å². The molecule has 0 aliphatic carbocycles. The lowest BCUT2D eigenvalue weighted by atomic mass is 10.2. The van der Waals surface area contributed by atoms with Gasteiger partial charge in [-0.1, -0.05) is 17.7 Å². The molecule has 2 rings (SSSR count). The molecule has 0 radical (unpaired) electrons. The van der Waals surface area contributed by atoms with Crippen molar-refractivity contribution in [2.24, 2.45) is 4.40 Å². The number of aryl methyl sites for hydroxylation is 1. The Morgan fingerprint density at radius 3 is 2.57 bits per heavy atom. The van der Waals surface area contributed by atoms with Gasteiger partial charge in [0.05, 0.1) is 12.0 Å². The van der Waals surface area contributed by atoms with E-state index in [0.29, 0.717) is 19.3 Å². The fourth-order valence-corrected chi connectivity index (χ4v) is 2.85. The number of aliphatic hydroxyl groups excluding tert-OH is 1. The Balaban J connectivity index is 2.28. The van der Waals surface area contributed by atoms with Crippen LogP contribution in [0.15, 0.2) is 45.3 Å². The number of hydrogen-bond donors (Lipinski definition) is 1. The van der Waals surface area contributed by atoms with Crippen molar-refractivity contribution in [3.05, 3.63) is 41.5 Å². The molecular formula is C14H17NO5S. The molecule has 1 aliphatic heterocycles. The highest BCUT2D eigenvalue weighted by atomic mass is 32.2. The summed E-state index contributed by atoms with van der Waals surface area (Å²) in [6.45, 7) is 1.87. The second kappa shape index (κ2) is 6.17. The monoisotopic (exact) mass is 311 g/mol. The van der Waals surface area contributed by atoms with Gasteiger partial charge in [-0.15, -0.1) is 4.40 Å². The average Bonchev–Trinajstić information content (AvgIpc) is 2.46. The number of rotatable bonds is 3. The van der Waals surface area contributed by atoms with E-state index >= 15 is 0 Å². The van der Waals surface area contributed by atoms with E-state index in [-0.39, 0.29) is 22.5 Å². The lowest BCUT2D eigenvalue weighted by molar-refractivity contribution is 0.107. The van der Waals surface area contributed by atoms with Crippen LogP contribution in [-0.4, -0.2) is 26.5 Å². The van der Waals surface area contributed by atoms with E-state index in [2.05, 4.69) is 9.13 Å². The van der Waals surface area contributed by atoms with Crippen molar-refractivity contribution >= 4 is 15.9 Å². The molecule has 1 aromatic carbocycles. The molecule has 0 aromatic heterocycles. The molecule has 0 spiro atoms.